The van der Waals surface area contributed by atoms with E-state index in [0.29, 0.717) is 12.1 Å². The van der Waals surface area contributed by atoms with E-state index >= 15 is 0 Å². The Bertz CT molecular complexity index is 1230. The number of ketones is 1. The fourth-order valence-corrected chi connectivity index (χ4v) is 5.68. The predicted molar refractivity (Wildman–Crippen MR) is 135 cm³/mol. The molecule has 2 aromatic carbocycles. The van der Waals surface area contributed by atoms with Gasteiger partial charge in [0.05, 0.1) is 12.6 Å². The molecule has 3 aliphatic rings. The van der Waals surface area contributed by atoms with Gasteiger partial charge in [-0.25, -0.2) is 0 Å². The number of carbonyl (C=O) groups excluding carboxylic acids is 3. The number of cyclic esters (lactones) is 2. The van der Waals surface area contributed by atoms with E-state index in [2.05, 4.69) is 29.2 Å². The Kier molecular flexibility index (Phi) is 5.95. The van der Waals surface area contributed by atoms with Crippen molar-refractivity contribution in [1.29, 1.82) is 0 Å². The van der Waals surface area contributed by atoms with Crippen molar-refractivity contribution in [3.8, 4) is 0 Å². The van der Waals surface area contributed by atoms with Crippen LogP contribution < -0.4 is 0 Å². The number of esters is 2. The standard InChI is InChI=1S/C30H31NO5/c1-19-17-31(26(21-11-7-5-8-12-21)22-13-9-6-10-14-22)18-25(32)20(2)24-16-30(15-23(19)24)27(33)35-29(3,4)36-28(30)34/h5-14,26H,15-18H2,1-4H3. The minimum absolute atomic E-state index is 0.0122. The Morgan fingerprint density at radius 1 is 0.750 bits per heavy atom. The zero-order valence-electron chi connectivity index (χ0n) is 21.2. The molecule has 0 atom stereocenters. The van der Waals surface area contributed by atoms with Gasteiger partial charge in [-0.3, -0.25) is 19.3 Å². The number of carbonyl (C=O) groups is 3. The third-order valence-corrected chi connectivity index (χ3v) is 7.55. The van der Waals surface area contributed by atoms with Crippen LogP contribution in [0.15, 0.2) is 83.0 Å². The van der Waals surface area contributed by atoms with Crippen molar-refractivity contribution < 1.29 is 23.9 Å². The summed E-state index contributed by atoms with van der Waals surface area (Å²) in [5.41, 5.74) is 4.06. The number of hydrogen-bond donors (Lipinski definition) is 0. The number of ether oxygens (including phenoxy) is 2. The Hall–Kier alpha value is -3.51. The van der Waals surface area contributed by atoms with Crippen molar-refractivity contribution in [1.82, 2.24) is 4.90 Å². The number of fused-ring (bicyclic) bond motifs is 1. The van der Waals surface area contributed by atoms with Crippen LogP contribution in [0.3, 0.4) is 0 Å². The van der Waals surface area contributed by atoms with Crippen molar-refractivity contribution >= 4 is 17.7 Å². The van der Waals surface area contributed by atoms with Crippen LogP contribution in [0.25, 0.3) is 0 Å². The van der Waals surface area contributed by atoms with E-state index in [0.717, 1.165) is 27.8 Å². The summed E-state index contributed by atoms with van der Waals surface area (Å²) >= 11 is 0. The summed E-state index contributed by atoms with van der Waals surface area (Å²) in [5, 5.41) is 0. The Morgan fingerprint density at radius 3 is 1.78 bits per heavy atom. The van der Waals surface area contributed by atoms with Gasteiger partial charge in [0.1, 0.15) is 0 Å². The minimum atomic E-state index is -1.43. The highest BCUT2D eigenvalue weighted by molar-refractivity contribution is 6.05. The zero-order valence-corrected chi connectivity index (χ0v) is 21.2. The van der Waals surface area contributed by atoms with E-state index in [1.54, 1.807) is 20.8 Å². The second kappa shape index (κ2) is 8.86. The SMILES string of the molecule is CC1=C2CC3(CC2=C(C)C(=O)CN(C(c2ccccc2)c2ccccc2)C1)C(=O)OC(C)(C)OC3=O. The van der Waals surface area contributed by atoms with Gasteiger partial charge in [0, 0.05) is 26.8 Å². The zero-order chi connectivity index (χ0) is 25.7. The van der Waals surface area contributed by atoms with Crippen LogP contribution in [0.5, 0.6) is 0 Å². The van der Waals surface area contributed by atoms with Gasteiger partial charge < -0.3 is 9.47 Å². The Morgan fingerprint density at radius 2 is 1.25 bits per heavy atom. The maximum atomic E-state index is 13.6. The van der Waals surface area contributed by atoms with Gasteiger partial charge in [-0.15, -0.1) is 0 Å². The number of hydrogen-bond acceptors (Lipinski definition) is 6. The fourth-order valence-electron chi connectivity index (χ4n) is 5.68. The molecule has 0 amide bonds. The van der Waals surface area contributed by atoms with Gasteiger partial charge in [-0.1, -0.05) is 66.2 Å². The average molecular weight is 486 g/mol. The second-order valence-electron chi connectivity index (χ2n) is 10.5. The summed E-state index contributed by atoms with van der Waals surface area (Å²) in [6.07, 6.45) is 0.313. The maximum Gasteiger partial charge on any atom is 0.327 e. The second-order valence-corrected chi connectivity index (χ2v) is 10.5. The van der Waals surface area contributed by atoms with Crippen LogP contribution >= 0.6 is 0 Å². The molecule has 5 rings (SSSR count). The molecule has 1 saturated carbocycles. The average Bonchev–Trinajstić information content (AvgIpc) is 3.25. The number of allylic oxidation sites excluding steroid dienone is 2. The van der Waals surface area contributed by atoms with Crippen LogP contribution in [0.1, 0.15) is 57.7 Å². The largest absolute Gasteiger partial charge is 0.422 e. The molecule has 2 heterocycles. The van der Waals surface area contributed by atoms with Crippen LogP contribution in [0, 0.1) is 5.41 Å². The molecule has 1 saturated heterocycles. The lowest BCUT2D eigenvalue weighted by Crippen LogP contribution is -2.52. The topological polar surface area (TPSA) is 72.9 Å². The minimum Gasteiger partial charge on any atom is -0.422 e. The summed E-state index contributed by atoms with van der Waals surface area (Å²) in [7, 11) is 0. The highest BCUT2D eigenvalue weighted by atomic mass is 16.7. The first-order valence-corrected chi connectivity index (χ1v) is 12.3. The number of benzene rings is 2. The van der Waals surface area contributed by atoms with E-state index in [-0.39, 0.29) is 31.2 Å². The first-order valence-electron chi connectivity index (χ1n) is 12.3. The first kappa shape index (κ1) is 24.2. The van der Waals surface area contributed by atoms with Gasteiger partial charge in [0.2, 0.25) is 0 Å². The Balaban J connectivity index is 1.57. The molecule has 0 radical (unpaired) electrons. The van der Waals surface area contributed by atoms with Crippen molar-refractivity contribution in [2.75, 3.05) is 13.1 Å². The van der Waals surface area contributed by atoms with Crippen LogP contribution in [0.2, 0.25) is 0 Å². The van der Waals surface area contributed by atoms with Crippen molar-refractivity contribution in [3.63, 3.8) is 0 Å². The van der Waals surface area contributed by atoms with Gasteiger partial charge >= 0.3 is 11.9 Å². The van der Waals surface area contributed by atoms with Crippen molar-refractivity contribution in [3.05, 3.63) is 94.1 Å². The highest BCUT2D eigenvalue weighted by Gasteiger charge is 2.60. The van der Waals surface area contributed by atoms with Crippen LogP contribution in [0.4, 0.5) is 0 Å². The first-order chi connectivity index (χ1) is 17.1. The van der Waals surface area contributed by atoms with Gasteiger partial charge in [-0.05, 0) is 48.1 Å². The summed E-state index contributed by atoms with van der Waals surface area (Å²) in [6, 6.07) is 20.2. The molecule has 0 N–H and O–H groups in total. The molecule has 1 spiro atoms. The van der Waals surface area contributed by atoms with Crippen molar-refractivity contribution in [2.45, 2.75) is 52.4 Å². The number of Topliss-reactive ketones (excluding diaryl/α,β-unsaturated/α-hetero) is 1. The number of rotatable bonds is 3. The molecule has 1 aliphatic carbocycles. The molecular formula is C30H31NO5. The van der Waals surface area contributed by atoms with E-state index < -0.39 is 23.1 Å². The lowest BCUT2D eigenvalue weighted by atomic mass is 9.84. The lowest BCUT2D eigenvalue weighted by molar-refractivity contribution is -0.250. The smallest absolute Gasteiger partial charge is 0.327 e. The third-order valence-electron chi connectivity index (χ3n) is 7.55. The molecule has 186 valence electrons. The molecular weight excluding hydrogens is 454 g/mol. The van der Waals surface area contributed by atoms with E-state index in [4.69, 9.17) is 9.47 Å². The molecule has 2 aromatic rings. The van der Waals surface area contributed by atoms with Crippen LogP contribution in [-0.4, -0.2) is 41.5 Å². The van der Waals surface area contributed by atoms with Gasteiger partial charge in [0.15, 0.2) is 11.2 Å². The molecule has 2 aliphatic heterocycles. The predicted octanol–water partition coefficient (Wildman–Crippen LogP) is 4.91. The molecule has 36 heavy (non-hydrogen) atoms. The third kappa shape index (κ3) is 4.09. The summed E-state index contributed by atoms with van der Waals surface area (Å²) in [5.74, 6) is -2.46. The van der Waals surface area contributed by atoms with Gasteiger partial charge in [0.25, 0.3) is 5.79 Å². The van der Waals surface area contributed by atoms with E-state index in [1.165, 1.54) is 0 Å². The normalized spacial score (nSPS) is 21.9. The lowest BCUT2D eigenvalue weighted by Gasteiger charge is -2.38. The summed E-state index contributed by atoms with van der Waals surface area (Å²) in [4.78, 5) is 42.0. The van der Waals surface area contributed by atoms with E-state index in [1.807, 2.05) is 43.3 Å². The Labute approximate surface area is 211 Å². The number of nitrogens with zero attached hydrogens (tertiary/aromatic N) is 1. The van der Waals surface area contributed by atoms with Gasteiger partial charge in [-0.2, -0.15) is 0 Å². The monoisotopic (exact) mass is 485 g/mol. The summed E-state index contributed by atoms with van der Waals surface area (Å²) < 4.78 is 11.0. The fraction of sp³-hybridized carbons (Fsp3) is 0.367. The van der Waals surface area contributed by atoms with E-state index in [9.17, 15) is 14.4 Å². The highest BCUT2D eigenvalue weighted by Crippen LogP contribution is 2.52. The molecule has 6 heteroatoms. The van der Waals surface area contributed by atoms with Crippen molar-refractivity contribution in [2.24, 2.45) is 5.41 Å². The quantitative estimate of drug-likeness (QED) is 0.454. The molecule has 0 aromatic heterocycles. The molecule has 0 unspecified atom stereocenters. The summed E-state index contributed by atoms with van der Waals surface area (Å²) in [6.45, 7) is 7.69. The molecule has 6 nitrogen and oxygen atoms in total. The molecule has 0 bridgehead atoms. The van der Waals surface area contributed by atoms with Crippen LogP contribution in [-0.2, 0) is 23.9 Å². The maximum absolute atomic E-state index is 13.6. The molecule has 2 fully saturated rings.